The highest BCUT2D eigenvalue weighted by Gasteiger charge is 2.11. The predicted octanol–water partition coefficient (Wildman–Crippen LogP) is 4.12. The molecule has 2 heteroatoms. The quantitative estimate of drug-likeness (QED) is 0.670. The Kier molecular flexibility index (Phi) is 2.71. The molecule has 0 aliphatic rings. The summed E-state index contributed by atoms with van der Waals surface area (Å²) in [6.07, 6.45) is 1.03. The van der Waals surface area contributed by atoms with Crippen LogP contribution in [0.4, 0.5) is 0 Å². The standard InChI is InChI=1S/C16H17NO/c1-3-11-18-15-10-6-9-14-16(15)12-7-4-5-8-13(12)17(14)2/h4-10H,3,11H2,1-2H3. The molecule has 3 rings (SSSR count). The minimum absolute atomic E-state index is 0.766. The van der Waals surface area contributed by atoms with Crippen molar-refractivity contribution in [3.63, 3.8) is 0 Å². The third-order valence-electron chi connectivity index (χ3n) is 3.36. The van der Waals surface area contributed by atoms with Gasteiger partial charge in [0.05, 0.1) is 12.1 Å². The largest absolute Gasteiger partial charge is 0.493 e. The third-order valence-corrected chi connectivity index (χ3v) is 3.36. The zero-order valence-electron chi connectivity index (χ0n) is 10.8. The lowest BCUT2D eigenvalue weighted by Gasteiger charge is -2.06. The maximum Gasteiger partial charge on any atom is 0.129 e. The number of hydrogen-bond donors (Lipinski definition) is 0. The molecule has 0 N–H and O–H groups in total. The molecule has 0 amide bonds. The van der Waals surface area contributed by atoms with Crippen LogP contribution >= 0.6 is 0 Å². The smallest absolute Gasteiger partial charge is 0.129 e. The van der Waals surface area contributed by atoms with Gasteiger partial charge in [0, 0.05) is 23.3 Å². The fourth-order valence-corrected chi connectivity index (χ4v) is 2.51. The van der Waals surface area contributed by atoms with E-state index in [9.17, 15) is 0 Å². The molecular weight excluding hydrogens is 222 g/mol. The SMILES string of the molecule is CCCOc1cccc2c1c1ccccc1n2C. The molecule has 0 atom stereocenters. The zero-order valence-corrected chi connectivity index (χ0v) is 10.8. The molecule has 1 aromatic heterocycles. The summed E-state index contributed by atoms with van der Waals surface area (Å²) in [6, 6.07) is 14.7. The molecule has 0 saturated heterocycles. The molecule has 2 nitrogen and oxygen atoms in total. The van der Waals surface area contributed by atoms with Gasteiger partial charge in [0.25, 0.3) is 0 Å². The van der Waals surface area contributed by atoms with E-state index in [0.717, 1.165) is 18.8 Å². The van der Waals surface area contributed by atoms with Crippen LogP contribution in [0.5, 0.6) is 5.75 Å². The highest BCUT2D eigenvalue weighted by Crippen LogP contribution is 2.34. The molecule has 0 bridgehead atoms. The number of benzene rings is 2. The summed E-state index contributed by atoms with van der Waals surface area (Å²) in [5.41, 5.74) is 2.48. The summed E-state index contributed by atoms with van der Waals surface area (Å²) in [4.78, 5) is 0. The molecular formula is C16H17NO. The van der Waals surface area contributed by atoms with Crippen LogP contribution in [0.3, 0.4) is 0 Å². The van der Waals surface area contributed by atoms with E-state index in [1.54, 1.807) is 0 Å². The van der Waals surface area contributed by atoms with E-state index in [2.05, 4.69) is 61.0 Å². The second kappa shape index (κ2) is 4.37. The second-order valence-corrected chi connectivity index (χ2v) is 4.57. The lowest BCUT2D eigenvalue weighted by Crippen LogP contribution is -1.95. The van der Waals surface area contributed by atoms with Crippen LogP contribution in [-0.4, -0.2) is 11.2 Å². The first-order valence-electron chi connectivity index (χ1n) is 6.42. The number of hydrogen-bond acceptors (Lipinski definition) is 1. The number of fused-ring (bicyclic) bond motifs is 3. The molecule has 0 aliphatic carbocycles. The first-order chi connectivity index (χ1) is 8.83. The number of para-hydroxylation sites is 1. The van der Waals surface area contributed by atoms with Gasteiger partial charge in [0.2, 0.25) is 0 Å². The van der Waals surface area contributed by atoms with Crippen LogP contribution < -0.4 is 4.74 Å². The van der Waals surface area contributed by atoms with Gasteiger partial charge in [-0.05, 0) is 24.6 Å². The van der Waals surface area contributed by atoms with Crippen LogP contribution in [0.1, 0.15) is 13.3 Å². The molecule has 3 aromatic rings. The highest BCUT2D eigenvalue weighted by atomic mass is 16.5. The minimum atomic E-state index is 0.766. The van der Waals surface area contributed by atoms with Crippen molar-refractivity contribution in [2.45, 2.75) is 13.3 Å². The number of ether oxygens (including phenoxy) is 1. The third kappa shape index (κ3) is 1.57. The Bertz CT molecular complexity index is 697. The Labute approximate surface area is 107 Å². The Hall–Kier alpha value is -1.96. The summed E-state index contributed by atoms with van der Waals surface area (Å²) in [7, 11) is 2.11. The predicted molar refractivity (Wildman–Crippen MR) is 76.2 cm³/mol. The average Bonchev–Trinajstić information content (AvgIpc) is 2.71. The Morgan fingerprint density at radius 1 is 1.00 bits per heavy atom. The molecule has 0 unspecified atom stereocenters. The van der Waals surface area contributed by atoms with Crippen molar-refractivity contribution >= 4 is 21.8 Å². The van der Waals surface area contributed by atoms with Gasteiger partial charge in [0.15, 0.2) is 0 Å². The summed E-state index contributed by atoms with van der Waals surface area (Å²) in [5, 5.41) is 2.49. The summed E-state index contributed by atoms with van der Waals surface area (Å²) in [6.45, 7) is 2.89. The topological polar surface area (TPSA) is 14.2 Å². The summed E-state index contributed by atoms with van der Waals surface area (Å²) < 4.78 is 8.10. The fourth-order valence-electron chi connectivity index (χ4n) is 2.51. The van der Waals surface area contributed by atoms with Crippen LogP contribution in [0, 0.1) is 0 Å². The number of nitrogens with zero attached hydrogens (tertiary/aromatic N) is 1. The number of rotatable bonds is 3. The minimum Gasteiger partial charge on any atom is -0.493 e. The van der Waals surface area contributed by atoms with Gasteiger partial charge in [-0.25, -0.2) is 0 Å². The van der Waals surface area contributed by atoms with Crippen LogP contribution in [-0.2, 0) is 7.05 Å². The second-order valence-electron chi connectivity index (χ2n) is 4.57. The van der Waals surface area contributed by atoms with Gasteiger partial charge >= 0.3 is 0 Å². The maximum absolute atomic E-state index is 5.88. The normalized spacial score (nSPS) is 11.2. The van der Waals surface area contributed by atoms with Crippen molar-refractivity contribution in [3.8, 4) is 5.75 Å². The van der Waals surface area contributed by atoms with Crippen molar-refractivity contribution in [1.29, 1.82) is 0 Å². The van der Waals surface area contributed by atoms with Gasteiger partial charge in [-0.1, -0.05) is 31.2 Å². The first kappa shape index (κ1) is 11.1. The van der Waals surface area contributed by atoms with E-state index in [0.29, 0.717) is 0 Å². The molecule has 2 aromatic carbocycles. The lowest BCUT2D eigenvalue weighted by atomic mass is 10.1. The van der Waals surface area contributed by atoms with E-state index in [1.165, 1.54) is 21.8 Å². The Morgan fingerprint density at radius 3 is 2.61 bits per heavy atom. The molecule has 0 aliphatic heterocycles. The molecule has 0 spiro atoms. The van der Waals surface area contributed by atoms with Crippen molar-refractivity contribution < 1.29 is 4.74 Å². The van der Waals surface area contributed by atoms with E-state index in [1.807, 2.05) is 0 Å². The molecule has 0 fully saturated rings. The van der Waals surface area contributed by atoms with E-state index in [-0.39, 0.29) is 0 Å². The van der Waals surface area contributed by atoms with E-state index < -0.39 is 0 Å². The monoisotopic (exact) mass is 239 g/mol. The van der Waals surface area contributed by atoms with Crippen molar-refractivity contribution in [2.24, 2.45) is 7.05 Å². The number of aromatic nitrogens is 1. The highest BCUT2D eigenvalue weighted by molar-refractivity contribution is 6.11. The van der Waals surface area contributed by atoms with Crippen LogP contribution in [0.25, 0.3) is 21.8 Å². The van der Waals surface area contributed by atoms with Gasteiger partial charge in [-0.15, -0.1) is 0 Å². The molecule has 92 valence electrons. The summed E-state index contributed by atoms with van der Waals surface area (Å²) in [5.74, 6) is 0.992. The average molecular weight is 239 g/mol. The molecule has 0 saturated carbocycles. The van der Waals surface area contributed by atoms with Gasteiger partial charge in [-0.2, -0.15) is 0 Å². The van der Waals surface area contributed by atoms with Gasteiger partial charge in [-0.3, -0.25) is 0 Å². The first-order valence-corrected chi connectivity index (χ1v) is 6.42. The number of aryl methyl sites for hydroxylation is 1. The van der Waals surface area contributed by atoms with Gasteiger partial charge < -0.3 is 9.30 Å². The van der Waals surface area contributed by atoms with E-state index in [4.69, 9.17) is 4.74 Å². The van der Waals surface area contributed by atoms with Crippen LogP contribution in [0.2, 0.25) is 0 Å². The molecule has 1 heterocycles. The van der Waals surface area contributed by atoms with Crippen LogP contribution in [0.15, 0.2) is 42.5 Å². The van der Waals surface area contributed by atoms with Crippen molar-refractivity contribution in [2.75, 3.05) is 6.61 Å². The Morgan fingerprint density at radius 2 is 1.78 bits per heavy atom. The Balaban J connectivity index is 2.35. The van der Waals surface area contributed by atoms with Gasteiger partial charge in [0.1, 0.15) is 5.75 Å². The maximum atomic E-state index is 5.88. The van der Waals surface area contributed by atoms with Crippen molar-refractivity contribution in [3.05, 3.63) is 42.5 Å². The fraction of sp³-hybridized carbons (Fsp3) is 0.250. The lowest BCUT2D eigenvalue weighted by molar-refractivity contribution is 0.321. The summed E-state index contributed by atoms with van der Waals surface area (Å²) >= 11 is 0. The zero-order chi connectivity index (χ0) is 12.5. The molecule has 0 radical (unpaired) electrons. The van der Waals surface area contributed by atoms with Crippen molar-refractivity contribution in [1.82, 2.24) is 4.57 Å². The molecule has 18 heavy (non-hydrogen) atoms. The van der Waals surface area contributed by atoms with E-state index >= 15 is 0 Å².